The van der Waals surface area contributed by atoms with Crippen molar-refractivity contribution < 1.29 is 20.1 Å². The summed E-state index contributed by atoms with van der Waals surface area (Å²) in [6, 6.07) is -1.09. The van der Waals surface area contributed by atoms with Crippen LogP contribution in [0.25, 0.3) is 0 Å². The molecule has 2 rings (SSSR count). The molecule has 1 aliphatic rings. The molecule has 0 unspecified atom stereocenters. The van der Waals surface area contributed by atoms with Gasteiger partial charge in [0, 0.05) is 11.8 Å². The third-order valence-electron chi connectivity index (χ3n) is 3.38. The molecule has 112 valence electrons. The highest BCUT2D eigenvalue weighted by Gasteiger charge is 2.43. The molecule has 1 aliphatic heterocycles. The summed E-state index contributed by atoms with van der Waals surface area (Å²) >= 11 is 0. The first-order valence-corrected chi connectivity index (χ1v) is 6.07. The zero-order valence-electron chi connectivity index (χ0n) is 10.8. The average Bonchev–Trinajstić information content (AvgIpc) is 2.41. The predicted molar refractivity (Wildman–Crippen MR) is 67.0 cm³/mol. The number of rotatable bonds is 2. The molecule has 2 heterocycles. The minimum absolute atomic E-state index is 0.251. The molecule has 1 aromatic rings. The van der Waals surface area contributed by atoms with Crippen LogP contribution in [-0.2, 0) is 4.74 Å². The largest absolute Gasteiger partial charge is 0.394 e. The van der Waals surface area contributed by atoms with Crippen molar-refractivity contribution in [1.82, 2.24) is 9.55 Å². The monoisotopic (exact) mass is 287 g/mol. The highest BCUT2D eigenvalue weighted by atomic mass is 16.5. The summed E-state index contributed by atoms with van der Waals surface area (Å²) in [4.78, 5) is 25.2. The quantitative estimate of drug-likeness (QED) is 0.384. The predicted octanol–water partition coefficient (Wildman–Crippen LogP) is -3.22. The number of aryl methyl sites for hydroxylation is 1. The molecule has 5 atom stereocenters. The van der Waals surface area contributed by atoms with Gasteiger partial charge in [0.05, 0.1) is 12.6 Å². The number of hydrogen-bond acceptors (Lipinski definition) is 7. The van der Waals surface area contributed by atoms with Crippen molar-refractivity contribution in [2.24, 2.45) is 5.73 Å². The van der Waals surface area contributed by atoms with Crippen LogP contribution in [0, 0.1) is 6.92 Å². The second-order valence-corrected chi connectivity index (χ2v) is 4.78. The van der Waals surface area contributed by atoms with E-state index in [-0.39, 0.29) is 5.56 Å². The highest BCUT2D eigenvalue weighted by Crippen LogP contribution is 2.26. The Labute approximate surface area is 113 Å². The van der Waals surface area contributed by atoms with Gasteiger partial charge in [-0.2, -0.15) is 0 Å². The van der Waals surface area contributed by atoms with Crippen LogP contribution in [-0.4, -0.2) is 55.8 Å². The summed E-state index contributed by atoms with van der Waals surface area (Å²) in [5.41, 5.74) is 4.59. The third-order valence-corrected chi connectivity index (χ3v) is 3.38. The van der Waals surface area contributed by atoms with Crippen molar-refractivity contribution in [2.75, 3.05) is 6.61 Å². The molecule has 0 saturated carbocycles. The topological polar surface area (TPSA) is 151 Å². The van der Waals surface area contributed by atoms with Crippen LogP contribution in [0.2, 0.25) is 0 Å². The highest BCUT2D eigenvalue weighted by molar-refractivity contribution is 5.03. The van der Waals surface area contributed by atoms with Gasteiger partial charge in [0.2, 0.25) is 0 Å². The number of ether oxygens (including phenoxy) is 1. The molecule has 1 fully saturated rings. The molecule has 0 bridgehead atoms. The minimum Gasteiger partial charge on any atom is -0.394 e. The van der Waals surface area contributed by atoms with E-state index in [0.29, 0.717) is 0 Å². The van der Waals surface area contributed by atoms with E-state index in [1.54, 1.807) is 0 Å². The normalized spacial score (nSPS) is 34.1. The van der Waals surface area contributed by atoms with Gasteiger partial charge in [0.25, 0.3) is 5.56 Å². The smallest absolute Gasteiger partial charge is 0.330 e. The molecular weight excluding hydrogens is 270 g/mol. The summed E-state index contributed by atoms with van der Waals surface area (Å²) in [6.07, 6.45) is -3.62. The van der Waals surface area contributed by atoms with Crippen molar-refractivity contribution in [1.29, 1.82) is 0 Å². The van der Waals surface area contributed by atoms with Crippen LogP contribution in [0.5, 0.6) is 0 Å². The van der Waals surface area contributed by atoms with Gasteiger partial charge in [-0.3, -0.25) is 14.3 Å². The number of nitrogens with one attached hydrogen (secondary N) is 1. The molecule has 0 aliphatic carbocycles. The van der Waals surface area contributed by atoms with E-state index in [9.17, 15) is 19.8 Å². The van der Waals surface area contributed by atoms with Crippen LogP contribution in [0.3, 0.4) is 0 Å². The summed E-state index contributed by atoms with van der Waals surface area (Å²) in [5.74, 6) is 0. The molecule has 9 nitrogen and oxygen atoms in total. The van der Waals surface area contributed by atoms with E-state index < -0.39 is 48.4 Å². The van der Waals surface area contributed by atoms with Gasteiger partial charge in [-0.1, -0.05) is 0 Å². The van der Waals surface area contributed by atoms with E-state index in [0.717, 1.165) is 4.57 Å². The van der Waals surface area contributed by atoms with E-state index in [2.05, 4.69) is 4.98 Å². The SMILES string of the molecule is Cc1cn([C@@H]2O[C@H](CO)[C@@H](O)[C@H](N)[C@H]2O)c(=O)[nH]c1=O. The van der Waals surface area contributed by atoms with Crippen molar-refractivity contribution in [3.63, 3.8) is 0 Å². The van der Waals surface area contributed by atoms with Crippen molar-refractivity contribution in [3.8, 4) is 0 Å². The molecule has 6 N–H and O–H groups in total. The van der Waals surface area contributed by atoms with Crippen LogP contribution in [0.15, 0.2) is 15.8 Å². The van der Waals surface area contributed by atoms with Gasteiger partial charge in [-0.15, -0.1) is 0 Å². The molecule has 0 spiro atoms. The Hall–Kier alpha value is -1.52. The maximum absolute atomic E-state index is 11.8. The maximum Gasteiger partial charge on any atom is 0.330 e. The summed E-state index contributed by atoms with van der Waals surface area (Å²) < 4.78 is 6.29. The number of hydrogen-bond donors (Lipinski definition) is 5. The maximum atomic E-state index is 11.8. The fourth-order valence-corrected chi connectivity index (χ4v) is 2.14. The Kier molecular flexibility index (Phi) is 4.06. The fraction of sp³-hybridized carbons (Fsp3) is 0.636. The number of aromatic amines is 1. The van der Waals surface area contributed by atoms with Gasteiger partial charge in [-0.25, -0.2) is 4.79 Å². The lowest BCUT2D eigenvalue weighted by molar-refractivity contribution is -0.216. The van der Waals surface area contributed by atoms with Gasteiger partial charge >= 0.3 is 5.69 Å². The van der Waals surface area contributed by atoms with E-state index in [1.807, 2.05) is 0 Å². The number of aromatic nitrogens is 2. The Balaban J connectivity index is 2.44. The first-order chi connectivity index (χ1) is 9.36. The second kappa shape index (κ2) is 5.46. The second-order valence-electron chi connectivity index (χ2n) is 4.78. The fourth-order valence-electron chi connectivity index (χ4n) is 2.14. The van der Waals surface area contributed by atoms with Gasteiger partial charge in [0.1, 0.15) is 18.3 Å². The van der Waals surface area contributed by atoms with Crippen molar-refractivity contribution >= 4 is 0 Å². The third kappa shape index (κ3) is 2.41. The Morgan fingerprint density at radius 1 is 1.40 bits per heavy atom. The Morgan fingerprint density at radius 3 is 2.65 bits per heavy atom. The molecule has 9 heteroatoms. The van der Waals surface area contributed by atoms with Gasteiger partial charge < -0.3 is 25.8 Å². The lowest BCUT2D eigenvalue weighted by Gasteiger charge is -2.41. The summed E-state index contributed by atoms with van der Waals surface area (Å²) in [5, 5.41) is 28.9. The molecule has 20 heavy (non-hydrogen) atoms. The molecule has 0 aromatic carbocycles. The lowest BCUT2D eigenvalue weighted by Crippen LogP contribution is -2.61. The summed E-state index contributed by atoms with van der Waals surface area (Å²) in [7, 11) is 0. The van der Waals surface area contributed by atoms with E-state index in [4.69, 9.17) is 15.6 Å². The lowest BCUT2D eigenvalue weighted by atomic mass is 9.96. The number of nitrogens with zero attached hydrogens (tertiary/aromatic N) is 1. The standard InChI is InChI=1S/C11H17N3O6/c1-4-2-14(11(19)13-9(4)18)10-8(17)6(12)7(16)5(3-15)20-10/h2,5-8,10,15-17H,3,12H2,1H3,(H,13,18,19)/t5-,6+,7-,8-,10-/m1/s1. The molecule has 0 amide bonds. The van der Waals surface area contributed by atoms with Crippen LogP contribution in [0.4, 0.5) is 0 Å². The minimum atomic E-state index is -1.36. The van der Waals surface area contributed by atoms with Crippen molar-refractivity contribution in [3.05, 3.63) is 32.6 Å². The van der Waals surface area contributed by atoms with E-state index in [1.165, 1.54) is 13.1 Å². The number of aliphatic hydroxyl groups is 3. The van der Waals surface area contributed by atoms with Crippen LogP contribution >= 0.6 is 0 Å². The number of H-pyrrole nitrogens is 1. The molecule has 1 saturated heterocycles. The average molecular weight is 287 g/mol. The summed E-state index contributed by atoms with van der Waals surface area (Å²) in [6.45, 7) is 0.970. The first-order valence-electron chi connectivity index (χ1n) is 6.07. The first kappa shape index (κ1) is 14.9. The van der Waals surface area contributed by atoms with Gasteiger partial charge in [0.15, 0.2) is 6.23 Å². The van der Waals surface area contributed by atoms with Crippen LogP contribution in [0.1, 0.15) is 11.8 Å². The number of aliphatic hydroxyl groups excluding tert-OH is 3. The van der Waals surface area contributed by atoms with Gasteiger partial charge in [-0.05, 0) is 6.92 Å². The molecule has 0 radical (unpaired) electrons. The molecule has 1 aromatic heterocycles. The number of nitrogens with two attached hydrogens (primary N) is 1. The zero-order chi connectivity index (χ0) is 15.0. The Bertz CT molecular complexity index is 595. The zero-order valence-corrected chi connectivity index (χ0v) is 10.8. The van der Waals surface area contributed by atoms with Crippen LogP contribution < -0.4 is 17.0 Å². The van der Waals surface area contributed by atoms with E-state index >= 15 is 0 Å². The van der Waals surface area contributed by atoms with Crippen molar-refractivity contribution in [2.45, 2.75) is 37.5 Å². The Morgan fingerprint density at radius 2 is 2.05 bits per heavy atom. The molecular formula is C11H17N3O6.